The first-order valence-electron chi connectivity index (χ1n) is 4.80. The quantitative estimate of drug-likeness (QED) is 0.659. The Morgan fingerprint density at radius 2 is 1.85 bits per heavy atom. The lowest BCUT2D eigenvalue weighted by molar-refractivity contribution is -0.0158. The van der Waals surface area contributed by atoms with Crippen molar-refractivity contribution in [3.05, 3.63) is 0 Å². The van der Waals surface area contributed by atoms with Gasteiger partial charge in [-0.25, -0.2) is 0 Å². The van der Waals surface area contributed by atoms with Crippen LogP contribution >= 0.6 is 0 Å². The van der Waals surface area contributed by atoms with E-state index < -0.39 is 0 Å². The van der Waals surface area contributed by atoms with Crippen molar-refractivity contribution in [2.75, 3.05) is 20.3 Å². The third-order valence-electron chi connectivity index (χ3n) is 2.32. The number of hydrogen-bond acceptors (Lipinski definition) is 3. The molecular weight excluding hydrogens is 166 g/mol. The van der Waals surface area contributed by atoms with Crippen LogP contribution in [-0.4, -0.2) is 36.5 Å². The monoisotopic (exact) mass is 189 g/mol. The predicted molar refractivity (Wildman–Crippen MR) is 54.9 cm³/mol. The van der Waals surface area contributed by atoms with Gasteiger partial charge in [0.1, 0.15) is 0 Å². The summed E-state index contributed by atoms with van der Waals surface area (Å²) in [5.74, 6) is 0. The summed E-state index contributed by atoms with van der Waals surface area (Å²) in [4.78, 5) is 0. The molecule has 0 spiro atoms. The summed E-state index contributed by atoms with van der Waals surface area (Å²) in [6.07, 6.45) is 0.792. The Morgan fingerprint density at radius 1 is 1.31 bits per heavy atom. The van der Waals surface area contributed by atoms with Crippen LogP contribution in [0.1, 0.15) is 34.1 Å². The molecule has 0 rings (SSSR count). The van der Waals surface area contributed by atoms with E-state index in [1.807, 2.05) is 27.7 Å². The molecule has 13 heavy (non-hydrogen) atoms. The topological polar surface area (TPSA) is 41.5 Å². The van der Waals surface area contributed by atoms with Crippen LogP contribution in [0.2, 0.25) is 0 Å². The second kappa shape index (κ2) is 4.94. The number of aliphatic hydroxyl groups is 1. The van der Waals surface area contributed by atoms with Crippen LogP contribution in [0.3, 0.4) is 0 Å². The lowest BCUT2D eigenvalue weighted by Gasteiger charge is -2.36. The first-order valence-corrected chi connectivity index (χ1v) is 4.80. The van der Waals surface area contributed by atoms with E-state index in [1.54, 1.807) is 7.11 Å². The molecule has 0 saturated carbocycles. The normalized spacial score (nSPS) is 17.1. The fraction of sp³-hybridized carbons (Fsp3) is 1.00. The van der Waals surface area contributed by atoms with Crippen LogP contribution in [0.4, 0.5) is 0 Å². The van der Waals surface area contributed by atoms with Crippen molar-refractivity contribution >= 4 is 0 Å². The highest BCUT2D eigenvalue weighted by atomic mass is 16.5. The Kier molecular flexibility index (Phi) is 4.89. The molecule has 0 bridgehead atoms. The highest BCUT2D eigenvalue weighted by molar-refractivity contribution is 4.89. The second-order valence-corrected chi connectivity index (χ2v) is 4.39. The van der Waals surface area contributed by atoms with Gasteiger partial charge in [0.25, 0.3) is 0 Å². The standard InChI is InChI=1S/C10H23NO2/c1-6-11-10(4,8-12)7-9(2,3)13-5/h11-12H,6-8H2,1-5H3. The summed E-state index contributed by atoms with van der Waals surface area (Å²) in [7, 11) is 1.70. The molecule has 0 aliphatic rings. The van der Waals surface area contributed by atoms with E-state index in [-0.39, 0.29) is 17.7 Å². The minimum atomic E-state index is -0.242. The van der Waals surface area contributed by atoms with Crippen LogP contribution in [0.25, 0.3) is 0 Å². The van der Waals surface area contributed by atoms with E-state index in [2.05, 4.69) is 5.32 Å². The van der Waals surface area contributed by atoms with Crippen LogP contribution in [0.5, 0.6) is 0 Å². The molecule has 80 valence electrons. The molecule has 0 heterocycles. The molecule has 0 aliphatic heterocycles. The molecule has 0 aliphatic carbocycles. The molecule has 0 aromatic carbocycles. The van der Waals surface area contributed by atoms with Crippen molar-refractivity contribution in [3.63, 3.8) is 0 Å². The van der Waals surface area contributed by atoms with Crippen LogP contribution in [0.15, 0.2) is 0 Å². The van der Waals surface area contributed by atoms with Gasteiger partial charge < -0.3 is 15.2 Å². The third-order valence-corrected chi connectivity index (χ3v) is 2.32. The van der Waals surface area contributed by atoms with Crippen molar-refractivity contribution in [2.24, 2.45) is 0 Å². The second-order valence-electron chi connectivity index (χ2n) is 4.39. The minimum Gasteiger partial charge on any atom is -0.394 e. The van der Waals surface area contributed by atoms with Crippen molar-refractivity contribution in [1.82, 2.24) is 5.32 Å². The zero-order valence-electron chi connectivity index (χ0n) is 9.48. The highest BCUT2D eigenvalue weighted by Gasteiger charge is 2.31. The summed E-state index contributed by atoms with van der Waals surface area (Å²) < 4.78 is 5.33. The van der Waals surface area contributed by atoms with Crippen molar-refractivity contribution < 1.29 is 9.84 Å². The maximum absolute atomic E-state index is 9.26. The molecular formula is C10H23NO2. The van der Waals surface area contributed by atoms with E-state index in [9.17, 15) is 5.11 Å². The molecule has 3 heteroatoms. The number of aliphatic hydroxyl groups excluding tert-OH is 1. The van der Waals surface area contributed by atoms with Gasteiger partial charge in [-0.3, -0.25) is 0 Å². The zero-order chi connectivity index (χ0) is 10.5. The first kappa shape index (κ1) is 12.9. The van der Waals surface area contributed by atoms with Gasteiger partial charge in [-0.05, 0) is 33.7 Å². The Morgan fingerprint density at radius 3 is 2.15 bits per heavy atom. The zero-order valence-corrected chi connectivity index (χ0v) is 9.48. The first-order chi connectivity index (χ1) is 5.89. The largest absolute Gasteiger partial charge is 0.394 e. The van der Waals surface area contributed by atoms with Crippen LogP contribution < -0.4 is 5.32 Å². The lowest BCUT2D eigenvalue weighted by atomic mass is 9.88. The summed E-state index contributed by atoms with van der Waals surface area (Å²) in [6.45, 7) is 9.09. The molecule has 0 radical (unpaired) electrons. The Bertz CT molecular complexity index is 148. The smallest absolute Gasteiger partial charge is 0.0641 e. The maximum atomic E-state index is 9.26. The maximum Gasteiger partial charge on any atom is 0.0641 e. The Balaban J connectivity index is 4.25. The fourth-order valence-corrected chi connectivity index (χ4v) is 1.61. The summed E-state index contributed by atoms with van der Waals surface area (Å²) in [5, 5.41) is 12.5. The van der Waals surface area contributed by atoms with Crippen LogP contribution in [-0.2, 0) is 4.74 Å². The van der Waals surface area contributed by atoms with E-state index in [0.29, 0.717) is 0 Å². The fourth-order valence-electron chi connectivity index (χ4n) is 1.61. The van der Waals surface area contributed by atoms with E-state index in [1.165, 1.54) is 0 Å². The molecule has 1 unspecified atom stereocenters. The van der Waals surface area contributed by atoms with Gasteiger partial charge in [0.2, 0.25) is 0 Å². The number of likely N-dealkylation sites (N-methyl/N-ethyl adjacent to an activating group) is 1. The molecule has 0 amide bonds. The van der Waals surface area contributed by atoms with Gasteiger partial charge in [-0.15, -0.1) is 0 Å². The summed E-state index contributed by atoms with van der Waals surface area (Å²) in [5.41, 5.74) is -0.437. The molecule has 0 aromatic rings. The average molecular weight is 189 g/mol. The Labute approximate surface area is 81.5 Å². The van der Waals surface area contributed by atoms with Crippen molar-refractivity contribution in [3.8, 4) is 0 Å². The molecule has 0 fully saturated rings. The molecule has 3 nitrogen and oxygen atoms in total. The van der Waals surface area contributed by atoms with Crippen LogP contribution in [0, 0.1) is 0 Å². The SMILES string of the molecule is CCNC(C)(CO)CC(C)(C)OC. The number of methoxy groups -OCH3 is 1. The molecule has 0 saturated heterocycles. The minimum absolute atomic E-state index is 0.133. The predicted octanol–water partition coefficient (Wildman–Crippen LogP) is 1.16. The molecule has 2 N–H and O–H groups in total. The van der Waals surface area contributed by atoms with Gasteiger partial charge in [-0.1, -0.05) is 6.92 Å². The number of nitrogens with one attached hydrogen (secondary N) is 1. The third kappa shape index (κ3) is 4.60. The molecule has 0 aromatic heterocycles. The van der Waals surface area contributed by atoms with Crippen molar-refractivity contribution in [1.29, 1.82) is 0 Å². The summed E-state index contributed by atoms with van der Waals surface area (Å²) in [6, 6.07) is 0. The van der Waals surface area contributed by atoms with Gasteiger partial charge in [-0.2, -0.15) is 0 Å². The number of rotatable bonds is 6. The van der Waals surface area contributed by atoms with Gasteiger partial charge in [0.05, 0.1) is 12.2 Å². The summed E-state index contributed by atoms with van der Waals surface area (Å²) >= 11 is 0. The highest BCUT2D eigenvalue weighted by Crippen LogP contribution is 2.22. The molecule has 1 atom stereocenters. The Hall–Kier alpha value is -0.120. The lowest BCUT2D eigenvalue weighted by Crippen LogP contribution is -2.50. The number of ether oxygens (including phenoxy) is 1. The van der Waals surface area contributed by atoms with Crippen molar-refractivity contribution in [2.45, 2.75) is 45.3 Å². The van der Waals surface area contributed by atoms with E-state index >= 15 is 0 Å². The van der Waals surface area contributed by atoms with Gasteiger partial charge in [0, 0.05) is 12.6 Å². The van der Waals surface area contributed by atoms with E-state index in [0.717, 1.165) is 13.0 Å². The van der Waals surface area contributed by atoms with Gasteiger partial charge in [0.15, 0.2) is 0 Å². The average Bonchev–Trinajstić information content (AvgIpc) is 2.04. The van der Waals surface area contributed by atoms with E-state index in [4.69, 9.17) is 4.74 Å². The van der Waals surface area contributed by atoms with Gasteiger partial charge >= 0.3 is 0 Å². The number of hydrogen-bond donors (Lipinski definition) is 2.